The minimum Gasteiger partial charge on any atom is -0.339 e. The first-order chi connectivity index (χ1) is 13.6. The maximum absolute atomic E-state index is 13.7. The van der Waals surface area contributed by atoms with Gasteiger partial charge in [0.1, 0.15) is 11.6 Å². The number of rotatable bonds is 5. The van der Waals surface area contributed by atoms with Gasteiger partial charge in [-0.25, -0.2) is 24.9 Å². The number of hydrogen-bond acceptors (Lipinski definition) is 7. The van der Waals surface area contributed by atoms with Crippen LogP contribution in [0.5, 0.6) is 0 Å². The molecule has 0 spiro atoms. The predicted molar refractivity (Wildman–Crippen MR) is 99.1 cm³/mol. The van der Waals surface area contributed by atoms with E-state index in [1.54, 1.807) is 6.92 Å². The summed E-state index contributed by atoms with van der Waals surface area (Å²) in [5.74, 6) is -4.65. The van der Waals surface area contributed by atoms with E-state index < -0.39 is 17.7 Å². The van der Waals surface area contributed by atoms with E-state index in [2.05, 4.69) is 35.6 Å². The molecule has 0 unspecified atom stereocenters. The van der Waals surface area contributed by atoms with Crippen molar-refractivity contribution in [3.8, 4) is 11.3 Å². The molecule has 0 aromatic carbocycles. The summed E-state index contributed by atoms with van der Waals surface area (Å²) in [5.41, 5.74) is 1.35. The lowest BCUT2D eigenvalue weighted by Gasteiger charge is -2.15. The predicted octanol–water partition coefficient (Wildman–Crippen LogP) is 3.59. The minimum atomic E-state index is -3.23. The van der Waals surface area contributed by atoms with Crippen molar-refractivity contribution in [2.75, 3.05) is 10.6 Å². The fourth-order valence-corrected chi connectivity index (χ4v) is 2.43. The molecule has 3 heterocycles. The van der Waals surface area contributed by atoms with E-state index in [1.165, 1.54) is 31.5 Å². The van der Waals surface area contributed by atoms with Crippen molar-refractivity contribution in [1.82, 2.24) is 24.9 Å². The van der Waals surface area contributed by atoms with Crippen LogP contribution in [0.15, 0.2) is 30.7 Å². The number of aromatic nitrogens is 5. The van der Waals surface area contributed by atoms with E-state index in [4.69, 9.17) is 0 Å². The molecule has 0 fully saturated rings. The number of amides is 1. The number of hydrogen-bond donors (Lipinski definition) is 2. The van der Waals surface area contributed by atoms with Crippen molar-refractivity contribution in [2.24, 2.45) is 0 Å². The summed E-state index contributed by atoms with van der Waals surface area (Å²) < 4.78 is 40.5. The quantitative estimate of drug-likeness (QED) is 0.671. The molecule has 3 aromatic rings. The summed E-state index contributed by atoms with van der Waals surface area (Å²) in [4.78, 5) is 30.6. The van der Waals surface area contributed by atoms with E-state index in [1.807, 2.05) is 0 Å². The number of nitrogens with one attached hydrogen (secondary N) is 2. The molecule has 29 heavy (non-hydrogen) atoms. The van der Waals surface area contributed by atoms with Gasteiger partial charge in [-0.2, -0.15) is 13.2 Å². The lowest BCUT2D eigenvalue weighted by Crippen LogP contribution is -2.14. The van der Waals surface area contributed by atoms with Crippen molar-refractivity contribution < 1.29 is 18.0 Å². The number of anilines is 3. The molecule has 0 aliphatic carbocycles. The Morgan fingerprint density at radius 2 is 1.79 bits per heavy atom. The SMILES string of the molecule is CC(=O)Nc1cc(Nc2cc(C)nc(C(C)(F)F)n2)c(-c2cnc(F)cn2)cn1. The Balaban J connectivity index is 2.07. The third kappa shape index (κ3) is 5.00. The summed E-state index contributed by atoms with van der Waals surface area (Å²) in [5, 5.41) is 5.44. The van der Waals surface area contributed by atoms with Crippen LogP contribution in [-0.4, -0.2) is 30.8 Å². The van der Waals surface area contributed by atoms with Gasteiger partial charge in [-0.15, -0.1) is 0 Å². The van der Waals surface area contributed by atoms with E-state index in [-0.39, 0.29) is 23.2 Å². The topological polar surface area (TPSA) is 106 Å². The van der Waals surface area contributed by atoms with E-state index >= 15 is 0 Å². The summed E-state index contributed by atoms with van der Waals surface area (Å²) in [6, 6.07) is 2.96. The van der Waals surface area contributed by atoms with Crippen molar-refractivity contribution in [3.63, 3.8) is 0 Å². The second-order valence-electron chi connectivity index (χ2n) is 6.25. The van der Waals surface area contributed by atoms with E-state index in [9.17, 15) is 18.0 Å². The molecular weight excluding hydrogens is 387 g/mol. The first-order valence-corrected chi connectivity index (χ1v) is 8.38. The lowest BCUT2D eigenvalue weighted by atomic mass is 10.1. The molecule has 2 N–H and O–H groups in total. The third-order valence-corrected chi connectivity index (χ3v) is 3.61. The average Bonchev–Trinajstić information content (AvgIpc) is 2.61. The zero-order valence-corrected chi connectivity index (χ0v) is 15.7. The van der Waals surface area contributed by atoms with Gasteiger partial charge in [0.2, 0.25) is 17.7 Å². The fraction of sp³-hybridized carbons (Fsp3) is 0.222. The number of alkyl halides is 2. The van der Waals surface area contributed by atoms with Crippen molar-refractivity contribution in [3.05, 3.63) is 48.2 Å². The molecule has 0 aliphatic heterocycles. The molecule has 0 radical (unpaired) electrons. The van der Waals surface area contributed by atoms with E-state index in [0.717, 1.165) is 6.20 Å². The molecule has 11 heteroatoms. The van der Waals surface area contributed by atoms with Crippen LogP contribution >= 0.6 is 0 Å². The van der Waals surface area contributed by atoms with E-state index in [0.29, 0.717) is 23.9 Å². The summed E-state index contributed by atoms with van der Waals surface area (Å²) in [7, 11) is 0. The van der Waals surface area contributed by atoms with Crippen LogP contribution in [0.3, 0.4) is 0 Å². The first-order valence-electron chi connectivity index (χ1n) is 8.38. The van der Waals surface area contributed by atoms with Gasteiger partial charge in [0.15, 0.2) is 0 Å². The van der Waals surface area contributed by atoms with Crippen LogP contribution in [0.1, 0.15) is 25.4 Å². The molecule has 0 aliphatic rings. The number of nitrogens with zero attached hydrogens (tertiary/aromatic N) is 5. The van der Waals surface area contributed by atoms with Crippen molar-refractivity contribution in [2.45, 2.75) is 26.7 Å². The smallest absolute Gasteiger partial charge is 0.303 e. The van der Waals surface area contributed by atoms with Gasteiger partial charge in [-0.1, -0.05) is 0 Å². The number of aryl methyl sites for hydroxylation is 1. The van der Waals surface area contributed by atoms with Crippen LogP contribution in [-0.2, 0) is 10.7 Å². The second kappa shape index (κ2) is 7.78. The Bertz CT molecular complexity index is 1050. The summed E-state index contributed by atoms with van der Waals surface area (Å²) in [6.45, 7) is 3.58. The largest absolute Gasteiger partial charge is 0.339 e. The monoisotopic (exact) mass is 403 g/mol. The molecular formula is C18H16F3N7O. The highest BCUT2D eigenvalue weighted by Crippen LogP contribution is 2.31. The van der Waals surface area contributed by atoms with Gasteiger partial charge < -0.3 is 10.6 Å². The Morgan fingerprint density at radius 3 is 2.41 bits per heavy atom. The summed E-state index contributed by atoms with van der Waals surface area (Å²) in [6.07, 6.45) is 3.52. The fourth-order valence-electron chi connectivity index (χ4n) is 2.43. The first kappa shape index (κ1) is 20.1. The van der Waals surface area contributed by atoms with Gasteiger partial charge in [0.05, 0.1) is 23.8 Å². The number of pyridine rings is 1. The molecule has 150 valence electrons. The minimum absolute atomic E-state index is 0.102. The number of halogens is 3. The Hall–Kier alpha value is -3.63. The van der Waals surface area contributed by atoms with Crippen molar-refractivity contribution >= 4 is 23.2 Å². The lowest BCUT2D eigenvalue weighted by molar-refractivity contribution is -0.114. The van der Waals surface area contributed by atoms with Crippen LogP contribution in [0.25, 0.3) is 11.3 Å². The number of carbonyl (C=O) groups excluding carboxylic acids is 1. The molecule has 1 amide bonds. The van der Waals surface area contributed by atoms with Gasteiger partial charge in [0, 0.05) is 43.4 Å². The zero-order valence-electron chi connectivity index (χ0n) is 15.7. The standard InChI is InChI=1S/C18H16F3N7O/c1-9-4-16(28-17(25-9)18(3,20)21)27-12-5-15(26-10(2)29)24-6-11(12)13-7-23-14(19)8-22-13/h4-8H,1-3H3,(H2,24,25,26,27,28,29). The molecule has 0 saturated carbocycles. The van der Waals surface area contributed by atoms with Crippen LogP contribution in [0, 0.1) is 12.9 Å². The Morgan fingerprint density at radius 1 is 1.03 bits per heavy atom. The zero-order chi connectivity index (χ0) is 21.2. The molecule has 0 atom stereocenters. The normalized spacial score (nSPS) is 11.2. The summed E-state index contributed by atoms with van der Waals surface area (Å²) >= 11 is 0. The van der Waals surface area contributed by atoms with Crippen molar-refractivity contribution in [1.29, 1.82) is 0 Å². The molecule has 0 saturated heterocycles. The highest BCUT2D eigenvalue weighted by atomic mass is 19.3. The third-order valence-electron chi connectivity index (χ3n) is 3.61. The van der Waals surface area contributed by atoms with Gasteiger partial charge in [-0.05, 0) is 6.92 Å². The maximum atomic E-state index is 13.7. The van der Waals surface area contributed by atoms with Gasteiger partial charge in [-0.3, -0.25) is 4.79 Å². The van der Waals surface area contributed by atoms with Crippen LogP contribution < -0.4 is 10.6 Å². The Labute approximate surface area is 163 Å². The highest BCUT2D eigenvalue weighted by Gasteiger charge is 2.29. The van der Waals surface area contributed by atoms with Crippen LogP contribution in [0.4, 0.5) is 30.5 Å². The molecule has 8 nitrogen and oxygen atoms in total. The number of carbonyl (C=O) groups is 1. The molecule has 3 rings (SSSR count). The second-order valence-corrected chi connectivity index (χ2v) is 6.25. The van der Waals surface area contributed by atoms with Gasteiger partial charge >= 0.3 is 5.92 Å². The molecule has 3 aromatic heterocycles. The van der Waals surface area contributed by atoms with Gasteiger partial charge in [0.25, 0.3) is 0 Å². The molecule has 0 bridgehead atoms. The van der Waals surface area contributed by atoms with Crippen LogP contribution in [0.2, 0.25) is 0 Å². The average molecular weight is 403 g/mol. The highest BCUT2D eigenvalue weighted by molar-refractivity contribution is 5.89. The Kier molecular flexibility index (Phi) is 5.39. The maximum Gasteiger partial charge on any atom is 0.303 e.